The lowest BCUT2D eigenvalue weighted by atomic mass is 10.2. The topological polar surface area (TPSA) is 57.2 Å². The molecule has 1 aromatic carbocycles. The van der Waals surface area contributed by atoms with Crippen LogP contribution in [0.1, 0.15) is 44.1 Å². The van der Waals surface area contributed by atoms with E-state index in [2.05, 4.69) is 0 Å². The number of ether oxygens (including phenoxy) is 4. The molecule has 2 aliphatic heterocycles. The predicted octanol–water partition coefficient (Wildman–Crippen LogP) is 2.99. The molecule has 5 nitrogen and oxygen atoms in total. The highest BCUT2D eigenvalue weighted by Crippen LogP contribution is 2.33. The summed E-state index contributed by atoms with van der Waals surface area (Å²) in [6, 6.07) is 5.49. The van der Waals surface area contributed by atoms with Crippen molar-refractivity contribution in [3.05, 3.63) is 23.8 Å². The lowest BCUT2D eigenvalue weighted by molar-refractivity contribution is -0.119. The van der Waals surface area contributed by atoms with E-state index in [1.54, 1.807) is 0 Å². The van der Waals surface area contributed by atoms with Crippen molar-refractivity contribution in [1.29, 1.82) is 0 Å². The fourth-order valence-electron chi connectivity index (χ4n) is 2.73. The van der Waals surface area contributed by atoms with E-state index in [4.69, 9.17) is 18.9 Å². The molecule has 1 N–H and O–H groups in total. The van der Waals surface area contributed by atoms with Crippen molar-refractivity contribution in [2.24, 2.45) is 0 Å². The molecule has 5 heteroatoms. The average Bonchev–Trinajstić information content (AvgIpc) is 2.58. The second kappa shape index (κ2) is 7.81. The maximum absolute atomic E-state index is 9.33. The van der Waals surface area contributed by atoms with Gasteiger partial charge in [-0.05, 0) is 43.4 Å². The van der Waals surface area contributed by atoms with Crippen molar-refractivity contribution < 1.29 is 24.1 Å². The van der Waals surface area contributed by atoms with Crippen LogP contribution in [-0.2, 0) is 16.1 Å². The molecule has 2 fully saturated rings. The number of rotatable bonds is 5. The average molecular weight is 308 g/mol. The van der Waals surface area contributed by atoms with Crippen LogP contribution in [0.4, 0.5) is 0 Å². The highest BCUT2D eigenvalue weighted by Gasteiger charge is 2.21. The van der Waals surface area contributed by atoms with Crippen molar-refractivity contribution in [1.82, 2.24) is 0 Å². The molecule has 0 aliphatic carbocycles. The summed E-state index contributed by atoms with van der Waals surface area (Å²) < 4.78 is 23.2. The monoisotopic (exact) mass is 308 g/mol. The van der Waals surface area contributed by atoms with Gasteiger partial charge in [0.2, 0.25) is 0 Å². The number of hydrogen-bond donors (Lipinski definition) is 1. The Kier molecular flexibility index (Phi) is 5.53. The molecule has 1 aromatic rings. The maximum atomic E-state index is 9.33. The van der Waals surface area contributed by atoms with Crippen LogP contribution >= 0.6 is 0 Å². The quantitative estimate of drug-likeness (QED) is 0.906. The molecule has 22 heavy (non-hydrogen) atoms. The molecule has 2 heterocycles. The molecule has 2 saturated heterocycles. The SMILES string of the molecule is OCc1ccc(O[C@H]2CCCCO2)c(O[C@H]2CCCCO2)c1. The van der Waals surface area contributed by atoms with Crippen molar-refractivity contribution >= 4 is 0 Å². The van der Waals surface area contributed by atoms with Gasteiger partial charge in [-0.2, -0.15) is 0 Å². The zero-order valence-corrected chi connectivity index (χ0v) is 12.8. The molecule has 0 radical (unpaired) electrons. The summed E-state index contributed by atoms with van der Waals surface area (Å²) in [4.78, 5) is 0. The first-order valence-corrected chi connectivity index (χ1v) is 8.15. The fourth-order valence-corrected chi connectivity index (χ4v) is 2.73. The first-order chi connectivity index (χ1) is 10.8. The van der Waals surface area contributed by atoms with Gasteiger partial charge < -0.3 is 24.1 Å². The molecule has 0 saturated carbocycles. The van der Waals surface area contributed by atoms with Crippen LogP contribution in [0.3, 0.4) is 0 Å². The van der Waals surface area contributed by atoms with Crippen LogP contribution in [-0.4, -0.2) is 30.9 Å². The summed E-state index contributed by atoms with van der Waals surface area (Å²) in [7, 11) is 0. The summed E-state index contributed by atoms with van der Waals surface area (Å²) in [5.41, 5.74) is 0.794. The van der Waals surface area contributed by atoms with E-state index in [0.29, 0.717) is 11.5 Å². The van der Waals surface area contributed by atoms with Crippen LogP contribution in [0, 0.1) is 0 Å². The van der Waals surface area contributed by atoms with E-state index < -0.39 is 0 Å². The molecule has 0 amide bonds. The van der Waals surface area contributed by atoms with Crippen LogP contribution in [0.2, 0.25) is 0 Å². The maximum Gasteiger partial charge on any atom is 0.200 e. The lowest BCUT2D eigenvalue weighted by Gasteiger charge is -2.27. The second-order valence-electron chi connectivity index (χ2n) is 5.77. The molecule has 2 atom stereocenters. The van der Waals surface area contributed by atoms with Gasteiger partial charge in [0.1, 0.15) is 0 Å². The third kappa shape index (κ3) is 4.12. The van der Waals surface area contributed by atoms with Gasteiger partial charge in [0.15, 0.2) is 24.1 Å². The number of benzene rings is 1. The second-order valence-corrected chi connectivity index (χ2v) is 5.77. The smallest absolute Gasteiger partial charge is 0.200 e. The summed E-state index contributed by atoms with van der Waals surface area (Å²) in [6.07, 6.45) is 5.69. The lowest BCUT2D eigenvalue weighted by Crippen LogP contribution is -2.27. The molecule has 0 bridgehead atoms. The molecular formula is C17H24O5. The molecule has 0 aromatic heterocycles. The minimum atomic E-state index is -0.239. The molecular weight excluding hydrogens is 284 g/mol. The minimum absolute atomic E-state index is 0.0257. The van der Waals surface area contributed by atoms with Crippen LogP contribution < -0.4 is 9.47 Å². The molecule has 0 unspecified atom stereocenters. The van der Waals surface area contributed by atoms with Gasteiger partial charge in [-0.1, -0.05) is 6.07 Å². The summed E-state index contributed by atoms with van der Waals surface area (Å²) >= 11 is 0. The number of aliphatic hydroxyl groups is 1. The number of hydrogen-bond acceptors (Lipinski definition) is 5. The summed E-state index contributed by atoms with van der Waals surface area (Å²) in [5.74, 6) is 1.27. The summed E-state index contributed by atoms with van der Waals surface area (Å²) in [6.45, 7) is 1.44. The Balaban J connectivity index is 1.71. The highest BCUT2D eigenvalue weighted by atomic mass is 16.7. The van der Waals surface area contributed by atoms with E-state index in [1.165, 1.54) is 0 Å². The first kappa shape index (κ1) is 15.6. The number of aliphatic hydroxyl groups excluding tert-OH is 1. The Morgan fingerprint density at radius 1 is 0.909 bits per heavy atom. The third-order valence-corrected chi connectivity index (χ3v) is 3.98. The van der Waals surface area contributed by atoms with E-state index in [1.807, 2.05) is 18.2 Å². The van der Waals surface area contributed by atoms with Crippen molar-refractivity contribution in [2.45, 2.75) is 57.7 Å². The Morgan fingerprint density at radius 3 is 2.09 bits per heavy atom. The van der Waals surface area contributed by atoms with Gasteiger partial charge in [-0.25, -0.2) is 0 Å². The van der Waals surface area contributed by atoms with Crippen LogP contribution in [0.25, 0.3) is 0 Å². The molecule has 2 aliphatic rings. The van der Waals surface area contributed by atoms with Crippen LogP contribution in [0.15, 0.2) is 18.2 Å². The third-order valence-electron chi connectivity index (χ3n) is 3.98. The predicted molar refractivity (Wildman–Crippen MR) is 80.8 cm³/mol. The van der Waals surface area contributed by atoms with E-state index in [-0.39, 0.29) is 19.2 Å². The van der Waals surface area contributed by atoms with Gasteiger partial charge in [-0.3, -0.25) is 0 Å². The first-order valence-electron chi connectivity index (χ1n) is 8.15. The minimum Gasteiger partial charge on any atom is -0.461 e. The van der Waals surface area contributed by atoms with Gasteiger partial charge in [0, 0.05) is 12.8 Å². The van der Waals surface area contributed by atoms with E-state index in [9.17, 15) is 5.11 Å². The fraction of sp³-hybridized carbons (Fsp3) is 0.647. The molecule has 3 rings (SSSR count). The Hall–Kier alpha value is -1.30. The highest BCUT2D eigenvalue weighted by molar-refractivity contribution is 5.43. The van der Waals surface area contributed by atoms with E-state index >= 15 is 0 Å². The van der Waals surface area contributed by atoms with Gasteiger partial charge >= 0.3 is 0 Å². The Bertz CT molecular complexity index is 464. The van der Waals surface area contributed by atoms with Crippen molar-refractivity contribution in [3.63, 3.8) is 0 Å². The van der Waals surface area contributed by atoms with Crippen LogP contribution in [0.5, 0.6) is 11.5 Å². The zero-order chi connectivity index (χ0) is 15.2. The molecule has 122 valence electrons. The standard InChI is InChI=1S/C17H24O5/c18-12-13-7-8-14(21-16-5-1-3-9-19-16)15(11-13)22-17-6-2-4-10-20-17/h7-8,11,16-18H,1-6,9-10,12H2/t16-,17-/m0/s1. The Labute approximate surface area is 131 Å². The molecule has 0 spiro atoms. The summed E-state index contributed by atoms with van der Waals surface area (Å²) in [5, 5.41) is 9.33. The van der Waals surface area contributed by atoms with Crippen molar-refractivity contribution in [2.75, 3.05) is 13.2 Å². The van der Waals surface area contributed by atoms with Gasteiger partial charge in [-0.15, -0.1) is 0 Å². The van der Waals surface area contributed by atoms with Crippen molar-refractivity contribution in [3.8, 4) is 11.5 Å². The van der Waals surface area contributed by atoms with E-state index in [0.717, 1.165) is 57.3 Å². The zero-order valence-electron chi connectivity index (χ0n) is 12.8. The van der Waals surface area contributed by atoms with Gasteiger partial charge in [0.25, 0.3) is 0 Å². The Morgan fingerprint density at radius 2 is 1.55 bits per heavy atom. The van der Waals surface area contributed by atoms with Gasteiger partial charge in [0.05, 0.1) is 19.8 Å². The largest absolute Gasteiger partial charge is 0.461 e. The normalized spacial score (nSPS) is 25.7.